The molecule has 0 bridgehead atoms. The Balaban J connectivity index is 1.41. The zero-order valence-corrected chi connectivity index (χ0v) is 16.6. The van der Waals surface area contributed by atoms with Gasteiger partial charge in [-0.05, 0) is 13.8 Å². The summed E-state index contributed by atoms with van der Waals surface area (Å²) < 4.78 is 5.37. The summed E-state index contributed by atoms with van der Waals surface area (Å²) in [6, 6.07) is 13.3. The van der Waals surface area contributed by atoms with Crippen molar-refractivity contribution in [3.8, 4) is 11.3 Å². The number of carbonyl (C=O) groups is 1. The predicted molar refractivity (Wildman–Crippen MR) is 111 cm³/mol. The average Bonchev–Trinajstić information content (AvgIpc) is 3.24. The smallest absolute Gasteiger partial charge is 0.276 e. The number of aromatic nitrogens is 3. The number of benzene rings is 1. The third-order valence-corrected chi connectivity index (χ3v) is 4.86. The Morgan fingerprint density at radius 1 is 1.10 bits per heavy atom. The van der Waals surface area contributed by atoms with Crippen LogP contribution in [0.4, 0.5) is 11.6 Å². The summed E-state index contributed by atoms with van der Waals surface area (Å²) in [6.45, 7) is 7.35. The number of nitrogens with one attached hydrogen (secondary N) is 1. The van der Waals surface area contributed by atoms with Crippen LogP contribution >= 0.6 is 0 Å². The zero-order chi connectivity index (χ0) is 20.2. The molecule has 4 rings (SSSR count). The summed E-state index contributed by atoms with van der Waals surface area (Å²) in [7, 11) is 0. The molecule has 0 radical (unpaired) electrons. The van der Waals surface area contributed by atoms with Crippen molar-refractivity contribution in [3.05, 3.63) is 54.0 Å². The second kappa shape index (κ2) is 8.30. The average molecular weight is 392 g/mol. The molecule has 1 amide bonds. The number of anilines is 2. The summed E-state index contributed by atoms with van der Waals surface area (Å²) in [6.07, 6.45) is 0. The van der Waals surface area contributed by atoms with Crippen molar-refractivity contribution < 1.29 is 9.32 Å². The minimum Gasteiger partial charge on any atom is -0.370 e. The van der Waals surface area contributed by atoms with Gasteiger partial charge >= 0.3 is 0 Å². The lowest BCUT2D eigenvalue weighted by molar-refractivity contribution is 0.0736. The summed E-state index contributed by atoms with van der Waals surface area (Å²) in [5, 5.41) is 7.21. The van der Waals surface area contributed by atoms with Gasteiger partial charge in [-0.3, -0.25) is 4.79 Å². The number of amides is 1. The maximum Gasteiger partial charge on any atom is 0.276 e. The molecule has 1 fully saturated rings. The highest BCUT2D eigenvalue weighted by Gasteiger charge is 2.25. The Labute approximate surface area is 169 Å². The summed E-state index contributed by atoms with van der Waals surface area (Å²) in [5.74, 6) is 2.92. The molecule has 0 saturated carbocycles. The third kappa shape index (κ3) is 4.21. The predicted octanol–water partition coefficient (Wildman–Crippen LogP) is 2.83. The van der Waals surface area contributed by atoms with Crippen LogP contribution in [0.5, 0.6) is 0 Å². The Bertz CT molecular complexity index is 980. The molecule has 8 nitrogen and oxygen atoms in total. The van der Waals surface area contributed by atoms with Crippen LogP contribution in [0.2, 0.25) is 0 Å². The van der Waals surface area contributed by atoms with E-state index >= 15 is 0 Å². The van der Waals surface area contributed by atoms with E-state index in [1.807, 2.05) is 55.1 Å². The van der Waals surface area contributed by atoms with Crippen LogP contribution in [0.25, 0.3) is 11.3 Å². The highest BCUT2D eigenvalue weighted by Crippen LogP contribution is 2.22. The number of hydrogen-bond acceptors (Lipinski definition) is 7. The minimum atomic E-state index is -0.109. The summed E-state index contributed by atoms with van der Waals surface area (Å²) in [5.41, 5.74) is 1.24. The molecule has 0 spiro atoms. The molecule has 3 aromatic rings. The van der Waals surface area contributed by atoms with Crippen molar-refractivity contribution in [1.82, 2.24) is 20.0 Å². The van der Waals surface area contributed by atoms with Crippen molar-refractivity contribution in [3.63, 3.8) is 0 Å². The lowest BCUT2D eigenvalue weighted by atomic mass is 10.1. The van der Waals surface area contributed by atoms with Crippen LogP contribution in [0.1, 0.15) is 23.2 Å². The van der Waals surface area contributed by atoms with Crippen molar-refractivity contribution in [1.29, 1.82) is 0 Å². The fourth-order valence-electron chi connectivity index (χ4n) is 3.40. The highest BCUT2D eigenvalue weighted by molar-refractivity contribution is 5.93. The van der Waals surface area contributed by atoms with Gasteiger partial charge in [0.15, 0.2) is 11.5 Å². The van der Waals surface area contributed by atoms with Crippen LogP contribution in [0.15, 0.2) is 47.0 Å². The number of piperazine rings is 1. The first kappa shape index (κ1) is 18.9. The van der Waals surface area contributed by atoms with E-state index in [0.29, 0.717) is 37.6 Å². The molecule has 29 heavy (non-hydrogen) atoms. The van der Waals surface area contributed by atoms with Gasteiger partial charge in [-0.15, -0.1) is 0 Å². The van der Waals surface area contributed by atoms with Gasteiger partial charge in [0.1, 0.15) is 17.5 Å². The third-order valence-electron chi connectivity index (χ3n) is 4.86. The molecule has 1 aliphatic rings. The molecule has 1 N–H and O–H groups in total. The quantitative estimate of drug-likeness (QED) is 0.714. The molecular weight excluding hydrogens is 368 g/mol. The molecule has 3 heterocycles. The number of hydrogen-bond donors (Lipinski definition) is 1. The van der Waals surface area contributed by atoms with Crippen LogP contribution in [-0.2, 0) is 0 Å². The first-order valence-electron chi connectivity index (χ1n) is 9.80. The van der Waals surface area contributed by atoms with Crippen molar-refractivity contribution in [2.24, 2.45) is 0 Å². The Morgan fingerprint density at radius 2 is 1.86 bits per heavy atom. The van der Waals surface area contributed by atoms with Crippen molar-refractivity contribution in [2.75, 3.05) is 42.9 Å². The van der Waals surface area contributed by atoms with E-state index < -0.39 is 0 Å². The fourth-order valence-corrected chi connectivity index (χ4v) is 3.40. The molecule has 2 aromatic heterocycles. The number of carbonyl (C=O) groups excluding carboxylic acids is 1. The topological polar surface area (TPSA) is 87.4 Å². The van der Waals surface area contributed by atoms with Gasteiger partial charge in [0.25, 0.3) is 5.91 Å². The van der Waals surface area contributed by atoms with Gasteiger partial charge < -0.3 is 19.6 Å². The second-order valence-corrected chi connectivity index (χ2v) is 6.91. The van der Waals surface area contributed by atoms with Gasteiger partial charge in [-0.2, -0.15) is 0 Å². The van der Waals surface area contributed by atoms with Gasteiger partial charge in [0.05, 0.1) is 0 Å². The summed E-state index contributed by atoms with van der Waals surface area (Å²) >= 11 is 0. The fraction of sp³-hybridized carbons (Fsp3) is 0.333. The molecule has 0 atom stereocenters. The second-order valence-electron chi connectivity index (χ2n) is 6.91. The Kier molecular flexibility index (Phi) is 5.41. The zero-order valence-electron chi connectivity index (χ0n) is 16.6. The normalized spacial score (nSPS) is 14.1. The van der Waals surface area contributed by atoms with Gasteiger partial charge in [0, 0.05) is 50.4 Å². The molecule has 0 aliphatic carbocycles. The van der Waals surface area contributed by atoms with Gasteiger partial charge in [-0.1, -0.05) is 35.5 Å². The van der Waals surface area contributed by atoms with Crippen LogP contribution < -0.4 is 10.2 Å². The number of aryl methyl sites for hydroxylation is 1. The minimum absolute atomic E-state index is 0.109. The SMILES string of the molecule is CCNc1cc(N2CCN(C(=O)c3cc(-c4ccccc4)on3)CC2)nc(C)n1. The van der Waals surface area contributed by atoms with E-state index in [4.69, 9.17) is 4.52 Å². The number of nitrogens with zero attached hydrogens (tertiary/aromatic N) is 5. The van der Waals surface area contributed by atoms with Crippen molar-refractivity contribution >= 4 is 17.5 Å². The van der Waals surface area contributed by atoms with E-state index in [9.17, 15) is 4.79 Å². The Morgan fingerprint density at radius 3 is 2.59 bits per heavy atom. The van der Waals surface area contributed by atoms with Crippen LogP contribution in [0.3, 0.4) is 0 Å². The Hall–Kier alpha value is -3.42. The molecule has 8 heteroatoms. The van der Waals surface area contributed by atoms with Crippen molar-refractivity contribution in [2.45, 2.75) is 13.8 Å². The lowest BCUT2D eigenvalue weighted by Crippen LogP contribution is -2.49. The summed E-state index contributed by atoms with van der Waals surface area (Å²) in [4.78, 5) is 25.8. The van der Waals surface area contributed by atoms with E-state index in [0.717, 1.165) is 29.6 Å². The lowest BCUT2D eigenvalue weighted by Gasteiger charge is -2.35. The molecule has 150 valence electrons. The molecule has 0 unspecified atom stereocenters. The maximum atomic E-state index is 12.8. The van der Waals surface area contributed by atoms with E-state index in [1.54, 1.807) is 6.07 Å². The van der Waals surface area contributed by atoms with E-state index in [2.05, 4.69) is 25.3 Å². The highest BCUT2D eigenvalue weighted by atomic mass is 16.5. The van der Waals surface area contributed by atoms with Gasteiger partial charge in [0.2, 0.25) is 0 Å². The molecule has 1 saturated heterocycles. The molecular formula is C21H24N6O2. The first-order chi connectivity index (χ1) is 14.1. The van der Waals surface area contributed by atoms with Gasteiger partial charge in [-0.25, -0.2) is 9.97 Å². The number of rotatable bonds is 5. The first-order valence-corrected chi connectivity index (χ1v) is 9.80. The molecule has 1 aliphatic heterocycles. The van der Waals surface area contributed by atoms with Crippen LogP contribution in [0, 0.1) is 6.92 Å². The van der Waals surface area contributed by atoms with Crippen LogP contribution in [-0.4, -0.2) is 58.7 Å². The maximum absolute atomic E-state index is 12.8. The monoisotopic (exact) mass is 392 g/mol. The van der Waals surface area contributed by atoms with E-state index in [1.165, 1.54) is 0 Å². The standard InChI is InChI=1S/C21H24N6O2/c1-3-22-19-14-20(24-15(2)23-19)26-9-11-27(12-10-26)21(28)17-13-18(29-25-17)16-7-5-4-6-8-16/h4-8,13-14H,3,9-12H2,1-2H3,(H,22,23,24). The van der Waals surface area contributed by atoms with E-state index in [-0.39, 0.29) is 5.91 Å². The largest absolute Gasteiger partial charge is 0.370 e. The molecule has 1 aromatic carbocycles.